The van der Waals surface area contributed by atoms with Crippen LogP contribution in [-0.4, -0.2) is 39.6 Å². The first-order chi connectivity index (χ1) is 8.65. The van der Waals surface area contributed by atoms with E-state index in [0.29, 0.717) is 30.3 Å². The Bertz CT molecular complexity index is 490. The van der Waals surface area contributed by atoms with Crippen LogP contribution in [0.3, 0.4) is 0 Å². The van der Waals surface area contributed by atoms with E-state index < -0.39 is 10.8 Å². The monoisotopic (exact) mass is 264 g/mol. The summed E-state index contributed by atoms with van der Waals surface area (Å²) in [6.45, 7) is 1.15. The maximum absolute atomic E-state index is 11.9. The molecule has 5 heteroatoms. The summed E-state index contributed by atoms with van der Waals surface area (Å²) in [5.74, 6) is 1.13. The second-order valence-electron chi connectivity index (χ2n) is 4.18. The van der Waals surface area contributed by atoms with Gasteiger partial charge in [-0.15, -0.1) is 0 Å². The number of amides is 1. The zero-order valence-electron chi connectivity index (χ0n) is 10.0. The molecule has 2 rings (SSSR count). The van der Waals surface area contributed by atoms with Crippen LogP contribution in [0.5, 0.6) is 0 Å². The molecule has 2 N–H and O–H groups in total. The van der Waals surface area contributed by atoms with Crippen molar-refractivity contribution >= 4 is 28.5 Å². The zero-order valence-corrected chi connectivity index (χ0v) is 10.9. The number of hydrogen-bond acceptors (Lipinski definition) is 3. The largest absolute Gasteiger partial charge is 0.399 e. The van der Waals surface area contributed by atoms with Crippen molar-refractivity contribution < 1.29 is 9.00 Å². The first-order valence-corrected chi connectivity index (χ1v) is 7.31. The maximum Gasteiger partial charge on any atom is 0.246 e. The van der Waals surface area contributed by atoms with Crippen LogP contribution >= 0.6 is 0 Å². The maximum atomic E-state index is 11.9. The second-order valence-corrected chi connectivity index (χ2v) is 5.87. The molecular formula is C13H16N2O2S. The number of nitrogens with two attached hydrogens (primary N) is 1. The molecule has 18 heavy (non-hydrogen) atoms. The van der Waals surface area contributed by atoms with Gasteiger partial charge < -0.3 is 10.6 Å². The highest BCUT2D eigenvalue weighted by Crippen LogP contribution is 2.09. The molecule has 1 aliphatic heterocycles. The average molecular weight is 264 g/mol. The molecule has 0 unspecified atom stereocenters. The van der Waals surface area contributed by atoms with E-state index in [1.807, 2.05) is 18.2 Å². The number of nitrogens with zero attached hydrogens (tertiary/aromatic N) is 1. The fraction of sp³-hybridized carbons (Fsp3) is 0.308. The molecule has 0 radical (unpaired) electrons. The van der Waals surface area contributed by atoms with E-state index in [0.717, 1.165) is 5.56 Å². The van der Waals surface area contributed by atoms with Crippen molar-refractivity contribution in [3.05, 3.63) is 35.9 Å². The molecule has 1 fully saturated rings. The smallest absolute Gasteiger partial charge is 0.246 e. The molecule has 1 aromatic rings. The number of rotatable bonds is 2. The molecule has 0 atom stereocenters. The Labute approximate surface area is 109 Å². The average Bonchev–Trinajstić information content (AvgIpc) is 2.37. The highest BCUT2D eigenvalue weighted by Gasteiger charge is 2.17. The van der Waals surface area contributed by atoms with E-state index in [9.17, 15) is 9.00 Å². The van der Waals surface area contributed by atoms with Crippen molar-refractivity contribution in [3.8, 4) is 0 Å². The van der Waals surface area contributed by atoms with Crippen LogP contribution in [0.25, 0.3) is 6.08 Å². The third kappa shape index (κ3) is 3.43. The summed E-state index contributed by atoms with van der Waals surface area (Å²) in [5.41, 5.74) is 7.25. The standard InChI is InChI=1S/C13H16N2O2S/c14-12-3-1-2-11(10-12)4-5-13(16)15-6-8-18(17)9-7-15/h1-5,10H,6-9,14H2/b5-4+. The fourth-order valence-corrected chi connectivity index (χ4v) is 2.85. The van der Waals surface area contributed by atoms with Gasteiger partial charge in [0, 0.05) is 47.2 Å². The van der Waals surface area contributed by atoms with Crippen LogP contribution < -0.4 is 5.73 Å². The SMILES string of the molecule is Nc1cccc(/C=C/C(=O)N2CCS(=O)CC2)c1. The molecule has 96 valence electrons. The lowest BCUT2D eigenvalue weighted by Gasteiger charge is -2.24. The second kappa shape index (κ2) is 5.82. The van der Waals surface area contributed by atoms with Gasteiger partial charge in [0.25, 0.3) is 0 Å². The van der Waals surface area contributed by atoms with Crippen molar-refractivity contribution in [2.45, 2.75) is 0 Å². The Morgan fingerprint density at radius 3 is 2.72 bits per heavy atom. The summed E-state index contributed by atoms with van der Waals surface area (Å²) in [6, 6.07) is 7.36. The number of hydrogen-bond donors (Lipinski definition) is 1. The minimum absolute atomic E-state index is 0.0332. The summed E-state index contributed by atoms with van der Waals surface area (Å²) in [6.07, 6.45) is 3.30. The number of carbonyl (C=O) groups excluding carboxylic acids is 1. The highest BCUT2D eigenvalue weighted by molar-refractivity contribution is 7.85. The number of nitrogen functional groups attached to an aromatic ring is 1. The Morgan fingerprint density at radius 1 is 1.33 bits per heavy atom. The molecule has 1 aromatic carbocycles. The normalized spacial score (nSPS) is 17.2. The molecular weight excluding hydrogens is 248 g/mol. The van der Waals surface area contributed by atoms with E-state index in [4.69, 9.17) is 5.73 Å². The predicted octanol–water partition coefficient (Wildman–Crippen LogP) is 0.873. The van der Waals surface area contributed by atoms with Crippen LogP contribution in [0.15, 0.2) is 30.3 Å². The molecule has 1 amide bonds. The molecule has 0 saturated carbocycles. The van der Waals surface area contributed by atoms with Gasteiger partial charge in [-0.1, -0.05) is 12.1 Å². The van der Waals surface area contributed by atoms with Crippen molar-refractivity contribution in [2.24, 2.45) is 0 Å². The van der Waals surface area contributed by atoms with Crippen LogP contribution in [0.2, 0.25) is 0 Å². The van der Waals surface area contributed by atoms with Crippen LogP contribution in [0.4, 0.5) is 5.69 Å². The lowest BCUT2D eigenvalue weighted by atomic mass is 10.2. The van der Waals surface area contributed by atoms with E-state index >= 15 is 0 Å². The Hall–Kier alpha value is -1.62. The van der Waals surface area contributed by atoms with E-state index in [1.54, 1.807) is 23.1 Å². The van der Waals surface area contributed by atoms with Gasteiger partial charge in [0.15, 0.2) is 0 Å². The summed E-state index contributed by atoms with van der Waals surface area (Å²) >= 11 is 0. The van der Waals surface area contributed by atoms with Crippen LogP contribution in [-0.2, 0) is 15.6 Å². The Morgan fingerprint density at radius 2 is 2.06 bits per heavy atom. The molecule has 1 aliphatic rings. The molecule has 0 aliphatic carbocycles. The van der Waals surface area contributed by atoms with Gasteiger partial charge in [-0.2, -0.15) is 0 Å². The quantitative estimate of drug-likeness (QED) is 0.637. The molecule has 0 spiro atoms. The first-order valence-electron chi connectivity index (χ1n) is 5.82. The van der Waals surface area contributed by atoms with Crippen LogP contribution in [0.1, 0.15) is 5.56 Å². The van der Waals surface area contributed by atoms with Gasteiger partial charge in [0.2, 0.25) is 5.91 Å². The lowest BCUT2D eigenvalue weighted by molar-refractivity contribution is -0.125. The van der Waals surface area contributed by atoms with Gasteiger partial charge in [0.05, 0.1) is 0 Å². The van der Waals surface area contributed by atoms with Gasteiger partial charge in [-0.3, -0.25) is 9.00 Å². The third-order valence-electron chi connectivity index (χ3n) is 2.82. The molecule has 0 aromatic heterocycles. The minimum atomic E-state index is -0.755. The fourth-order valence-electron chi connectivity index (χ4n) is 1.79. The van der Waals surface area contributed by atoms with Crippen molar-refractivity contribution in [2.75, 3.05) is 30.3 Å². The van der Waals surface area contributed by atoms with E-state index in [2.05, 4.69) is 0 Å². The summed E-state index contributed by atoms with van der Waals surface area (Å²) in [5, 5.41) is 0. The molecule has 0 bridgehead atoms. The Kier molecular flexibility index (Phi) is 4.15. The highest BCUT2D eigenvalue weighted by atomic mass is 32.2. The van der Waals surface area contributed by atoms with Crippen molar-refractivity contribution in [1.82, 2.24) is 4.90 Å². The van der Waals surface area contributed by atoms with Gasteiger partial charge in [-0.25, -0.2) is 0 Å². The van der Waals surface area contributed by atoms with Crippen molar-refractivity contribution in [3.63, 3.8) is 0 Å². The molecule has 4 nitrogen and oxygen atoms in total. The third-order valence-corrected chi connectivity index (χ3v) is 4.09. The molecule has 1 saturated heterocycles. The first kappa shape index (κ1) is 12.8. The number of carbonyl (C=O) groups is 1. The lowest BCUT2D eigenvalue weighted by Crippen LogP contribution is -2.40. The minimum Gasteiger partial charge on any atom is -0.399 e. The van der Waals surface area contributed by atoms with Crippen LogP contribution in [0, 0.1) is 0 Å². The predicted molar refractivity (Wildman–Crippen MR) is 74.3 cm³/mol. The molecule has 1 heterocycles. The van der Waals surface area contributed by atoms with Gasteiger partial charge in [-0.05, 0) is 23.8 Å². The summed E-state index contributed by atoms with van der Waals surface area (Å²) in [4.78, 5) is 13.6. The summed E-state index contributed by atoms with van der Waals surface area (Å²) < 4.78 is 11.2. The van der Waals surface area contributed by atoms with E-state index in [1.165, 1.54) is 0 Å². The van der Waals surface area contributed by atoms with Crippen molar-refractivity contribution in [1.29, 1.82) is 0 Å². The number of benzene rings is 1. The Balaban J connectivity index is 1.96. The van der Waals surface area contributed by atoms with E-state index in [-0.39, 0.29) is 5.91 Å². The summed E-state index contributed by atoms with van der Waals surface area (Å²) in [7, 11) is -0.755. The zero-order chi connectivity index (χ0) is 13.0. The van der Waals surface area contributed by atoms with Gasteiger partial charge >= 0.3 is 0 Å². The number of anilines is 1. The van der Waals surface area contributed by atoms with Gasteiger partial charge in [0.1, 0.15) is 0 Å². The topological polar surface area (TPSA) is 63.4 Å².